The van der Waals surface area contributed by atoms with Gasteiger partial charge in [0.15, 0.2) is 0 Å². The summed E-state index contributed by atoms with van der Waals surface area (Å²) in [6, 6.07) is 7.99. The molecule has 0 aliphatic rings. The molecule has 3 aromatic heterocycles. The number of methoxy groups -OCH3 is 1. The SMILES string of the molecule is COc1ccc(CNC(=O)/C=C/c2cc(C)n(-c3ccnn3C(C)C)c2C)cn1. The van der Waals surface area contributed by atoms with E-state index in [9.17, 15) is 4.79 Å². The zero-order valence-corrected chi connectivity index (χ0v) is 17.5. The first-order valence-corrected chi connectivity index (χ1v) is 9.58. The summed E-state index contributed by atoms with van der Waals surface area (Å²) < 4.78 is 9.18. The molecule has 0 atom stereocenters. The minimum Gasteiger partial charge on any atom is -0.481 e. The highest BCUT2D eigenvalue weighted by atomic mass is 16.5. The standard InChI is InChI=1S/C22H27N5O2/c1-15(2)27-22(10-11-25-27)26-16(3)12-19(17(26)4)7-8-20(28)23-13-18-6-9-21(29-5)24-14-18/h6-12,14-15H,13H2,1-5H3,(H,23,28)/b8-7+. The first-order chi connectivity index (χ1) is 13.9. The highest BCUT2D eigenvalue weighted by Crippen LogP contribution is 2.23. The molecule has 29 heavy (non-hydrogen) atoms. The van der Waals surface area contributed by atoms with Crippen LogP contribution in [0.15, 0.2) is 42.7 Å². The van der Waals surface area contributed by atoms with Crippen LogP contribution in [0.4, 0.5) is 0 Å². The summed E-state index contributed by atoms with van der Waals surface area (Å²) in [4.78, 5) is 16.4. The van der Waals surface area contributed by atoms with Crippen LogP contribution in [0, 0.1) is 13.8 Å². The van der Waals surface area contributed by atoms with Crippen LogP contribution < -0.4 is 10.1 Å². The highest BCUT2D eigenvalue weighted by molar-refractivity contribution is 5.91. The number of carbonyl (C=O) groups is 1. The Bertz CT molecular complexity index is 1010. The van der Waals surface area contributed by atoms with E-state index in [1.54, 1.807) is 25.4 Å². The Morgan fingerprint density at radius 2 is 2.07 bits per heavy atom. The fourth-order valence-corrected chi connectivity index (χ4v) is 3.24. The van der Waals surface area contributed by atoms with E-state index in [4.69, 9.17) is 4.74 Å². The first-order valence-electron chi connectivity index (χ1n) is 9.58. The molecule has 0 aliphatic heterocycles. The van der Waals surface area contributed by atoms with Crippen molar-refractivity contribution in [3.63, 3.8) is 0 Å². The van der Waals surface area contributed by atoms with Crippen molar-refractivity contribution in [3.05, 3.63) is 65.2 Å². The molecule has 1 N–H and O–H groups in total. The normalized spacial score (nSPS) is 11.4. The number of rotatable bonds is 7. The van der Waals surface area contributed by atoms with Gasteiger partial charge in [0, 0.05) is 48.4 Å². The monoisotopic (exact) mass is 393 g/mol. The topological polar surface area (TPSA) is 74.0 Å². The Kier molecular flexibility index (Phi) is 6.16. The molecule has 1 amide bonds. The van der Waals surface area contributed by atoms with E-state index >= 15 is 0 Å². The smallest absolute Gasteiger partial charge is 0.244 e. The zero-order chi connectivity index (χ0) is 21.0. The molecule has 0 radical (unpaired) electrons. The molecule has 0 bridgehead atoms. The van der Waals surface area contributed by atoms with Gasteiger partial charge in [-0.2, -0.15) is 5.10 Å². The number of ether oxygens (including phenoxy) is 1. The van der Waals surface area contributed by atoms with E-state index in [2.05, 4.69) is 46.8 Å². The predicted octanol–water partition coefficient (Wildman–Crippen LogP) is 3.60. The predicted molar refractivity (Wildman–Crippen MR) is 113 cm³/mol. The average molecular weight is 393 g/mol. The number of nitrogens with one attached hydrogen (secondary N) is 1. The molecule has 0 aromatic carbocycles. The molecule has 0 aliphatic carbocycles. The number of aryl methyl sites for hydroxylation is 1. The molecule has 0 spiro atoms. The van der Waals surface area contributed by atoms with Crippen LogP contribution in [-0.2, 0) is 11.3 Å². The second kappa shape index (κ2) is 8.77. The molecular formula is C22H27N5O2. The van der Waals surface area contributed by atoms with Gasteiger partial charge in [0.2, 0.25) is 11.8 Å². The van der Waals surface area contributed by atoms with Crippen molar-refractivity contribution in [1.82, 2.24) is 24.6 Å². The summed E-state index contributed by atoms with van der Waals surface area (Å²) in [7, 11) is 1.57. The van der Waals surface area contributed by atoms with Gasteiger partial charge in [-0.1, -0.05) is 6.07 Å². The van der Waals surface area contributed by atoms with E-state index in [0.717, 1.165) is 28.3 Å². The van der Waals surface area contributed by atoms with Gasteiger partial charge >= 0.3 is 0 Å². The van der Waals surface area contributed by atoms with Crippen molar-refractivity contribution in [1.29, 1.82) is 0 Å². The Labute approximate surface area is 171 Å². The number of carbonyl (C=O) groups excluding carboxylic acids is 1. The molecule has 7 heteroatoms. The van der Waals surface area contributed by atoms with Crippen LogP contribution in [0.5, 0.6) is 5.88 Å². The fourth-order valence-electron chi connectivity index (χ4n) is 3.24. The van der Waals surface area contributed by atoms with Gasteiger partial charge in [-0.25, -0.2) is 9.67 Å². The van der Waals surface area contributed by atoms with Crippen LogP contribution >= 0.6 is 0 Å². The summed E-state index contributed by atoms with van der Waals surface area (Å²) >= 11 is 0. The molecular weight excluding hydrogens is 366 g/mol. The lowest BCUT2D eigenvalue weighted by Gasteiger charge is -2.15. The molecule has 0 saturated heterocycles. The zero-order valence-electron chi connectivity index (χ0n) is 17.5. The summed E-state index contributed by atoms with van der Waals surface area (Å²) in [5.74, 6) is 1.41. The Morgan fingerprint density at radius 3 is 2.72 bits per heavy atom. The summed E-state index contributed by atoms with van der Waals surface area (Å²) in [5, 5.41) is 7.29. The quantitative estimate of drug-likeness (QED) is 0.623. The Balaban J connectivity index is 1.70. The van der Waals surface area contributed by atoms with Crippen LogP contribution in [-0.4, -0.2) is 32.3 Å². The number of nitrogens with zero attached hydrogens (tertiary/aromatic N) is 4. The average Bonchev–Trinajstić information content (AvgIpc) is 3.29. The Hall–Kier alpha value is -3.35. The van der Waals surface area contributed by atoms with Gasteiger partial charge in [0.1, 0.15) is 5.82 Å². The summed E-state index contributed by atoms with van der Waals surface area (Å²) in [6.45, 7) is 8.72. The third-order valence-electron chi connectivity index (χ3n) is 4.73. The second-order valence-electron chi connectivity index (χ2n) is 7.15. The highest BCUT2D eigenvalue weighted by Gasteiger charge is 2.14. The molecule has 0 saturated carbocycles. The van der Waals surface area contributed by atoms with E-state index < -0.39 is 0 Å². The van der Waals surface area contributed by atoms with Crippen molar-refractivity contribution in [2.24, 2.45) is 0 Å². The van der Waals surface area contributed by atoms with Crippen molar-refractivity contribution in [3.8, 4) is 11.7 Å². The third kappa shape index (κ3) is 4.56. The molecule has 0 fully saturated rings. The van der Waals surface area contributed by atoms with E-state index in [-0.39, 0.29) is 11.9 Å². The second-order valence-corrected chi connectivity index (χ2v) is 7.15. The third-order valence-corrected chi connectivity index (χ3v) is 4.73. The van der Waals surface area contributed by atoms with Gasteiger partial charge < -0.3 is 14.6 Å². The lowest BCUT2D eigenvalue weighted by molar-refractivity contribution is -0.116. The number of amides is 1. The van der Waals surface area contributed by atoms with Crippen LogP contribution in [0.3, 0.4) is 0 Å². The number of hydrogen-bond donors (Lipinski definition) is 1. The van der Waals surface area contributed by atoms with Gasteiger partial charge in [-0.3, -0.25) is 4.79 Å². The van der Waals surface area contributed by atoms with Gasteiger partial charge in [0.25, 0.3) is 0 Å². The lowest BCUT2D eigenvalue weighted by atomic mass is 10.2. The molecule has 3 rings (SSSR count). The maximum absolute atomic E-state index is 12.2. The minimum absolute atomic E-state index is 0.155. The van der Waals surface area contributed by atoms with Crippen molar-refractivity contribution in [2.75, 3.05) is 7.11 Å². The number of pyridine rings is 1. The van der Waals surface area contributed by atoms with Crippen LogP contribution in [0.25, 0.3) is 11.9 Å². The van der Waals surface area contributed by atoms with Crippen LogP contribution in [0.1, 0.15) is 42.4 Å². The maximum atomic E-state index is 12.2. The van der Waals surface area contributed by atoms with Gasteiger partial charge in [-0.15, -0.1) is 0 Å². The van der Waals surface area contributed by atoms with E-state index in [0.29, 0.717) is 12.4 Å². The van der Waals surface area contributed by atoms with Gasteiger partial charge in [0.05, 0.1) is 13.3 Å². The molecule has 3 heterocycles. The number of aromatic nitrogens is 4. The van der Waals surface area contributed by atoms with Crippen LogP contribution in [0.2, 0.25) is 0 Å². The maximum Gasteiger partial charge on any atom is 0.244 e. The molecule has 152 valence electrons. The molecule has 7 nitrogen and oxygen atoms in total. The van der Waals surface area contributed by atoms with Gasteiger partial charge in [-0.05, 0) is 51.0 Å². The van der Waals surface area contributed by atoms with Crippen molar-refractivity contribution >= 4 is 12.0 Å². The summed E-state index contributed by atoms with van der Waals surface area (Å²) in [6.07, 6.45) is 6.90. The number of hydrogen-bond acceptors (Lipinski definition) is 4. The molecule has 0 unspecified atom stereocenters. The fraction of sp³-hybridized carbons (Fsp3) is 0.318. The largest absolute Gasteiger partial charge is 0.481 e. The van der Waals surface area contributed by atoms with E-state index in [1.165, 1.54) is 0 Å². The summed E-state index contributed by atoms with van der Waals surface area (Å²) in [5.41, 5.74) is 4.07. The molecule has 3 aromatic rings. The van der Waals surface area contributed by atoms with E-state index in [1.807, 2.05) is 36.0 Å². The Morgan fingerprint density at radius 1 is 1.28 bits per heavy atom. The van der Waals surface area contributed by atoms with Crippen molar-refractivity contribution < 1.29 is 9.53 Å². The lowest BCUT2D eigenvalue weighted by Crippen LogP contribution is -2.20. The van der Waals surface area contributed by atoms with Crippen molar-refractivity contribution in [2.45, 2.75) is 40.3 Å². The first kappa shape index (κ1) is 20.4. The minimum atomic E-state index is -0.155.